The van der Waals surface area contributed by atoms with Gasteiger partial charge in [0.1, 0.15) is 0 Å². The van der Waals surface area contributed by atoms with Crippen LogP contribution in [0.1, 0.15) is 0 Å². The lowest BCUT2D eigenvalue weighted by molar-refractivity contribution is -0.470. The summed E-state index contributed by atoms with van der Waals surface area (Å²) in [7, 11) is 0. The van der Waals surface area contributed by atoms with Crippen LogP contribution < -0.4 is 0 Å². The van der Waals surface area contributed by atoms with Crippen LogP contribution in [0.2, 0.25) is 0 Å². The van der Waals surface area contributed by atoms with Crippen molar-refractivity contribution in [2.45, 2.75) is 0 Å². The van der Waals surface area contributed by atoms with Crippen LogP contribution in [0.3, 0.4) is 0 Å². The molecular formula is CH2NO3. The second kappa shape index (κ2) is 1.66. The van der Waals surface area contributed by atoms with E-state index in [4.69, 9.17) is 15.2 Å². The summed E-state index contributed by atoms with van der Waals surface area (Å²) in [5.41, 5.74) is 0. The van der Waals surface area contributed by atoms with Crippen molar-refractivity contribution < 1.29 is 10.0 Å². The fraction of sp³-hybridized carbons (Fsp3) is 0. The minimum atomic E-state index is -0.944. The molecule has 0 heterocycles. The molecule has 0 saturated heterocycles. The number of nitrogens with zero attached hydrogens (tertiary/aromatic N) is 1. The molecule has 1 radical (unpaired) electrons. The molecule has 0 spiro atoms. The van der Waals surface area contributed by atoms with Crippen molar-refractivity contribution in [3.05, 3.63) is 16.8 Å². The first kappa shape index (κ1) is 4.36. The van der Waals surface area contributed by atoms with Crippen LogP contribution in [0, 0.1) is 16.8 Å². The smallest absolute Gasteiger partial charge is 0.325 e. The lowest BCUT2D eigenvalue weighted by Gasteiger charge is -1.70. The molecule has 1 N–H and O–H groups in total. The standard InChI is InChI=1S/CH2NO3/c3-1-2(4)5/h1,3H. The average Bonchev–Trinajstić information content (AvgIpc) is 1.38. The maximum Gasteiger partial charge on any atom is 0.407 e. The van der Waals surface area contributed by atoms with Gasteiger partial charge in [0, 0.05) is 0 Å². The highest BCUT2D eigenvalue weighted by molar-refractivity contribution is 4.10. The summed E-state index contributed by atoms with van der Waals surface area (Å²) in [6.45, 7) is -0.111. The Bertz CT molecular complexity index is 42.2. The van der Waals surface area contributed by atoms with Gasteiger partial charge in [-0.2, -0.15) is 0 Å². The molecule has 0 aromatic carbocycles. The molecule has 29 valence electrons. The molecule has 0 saturated carbocycles. The third kappa shape index (κ3) is 3.36. The van der Waals surface area contributed by atoms with Gasteiger partial charge in [0.15, 0.2) is 0 Å². The average molecular weight is 76.0 g/mol. The molecule has 0 bridgehead atoms. The molecule has 5 heavy (non-hydrogen) atoms. The van der Waals surface area contributed by atoms with E-state index in [0.717, 1.165) is 0 Å². The summed E-state index contributed by atoms with van der Waals surface area (Å²) in [5, 5.41) is 16.2. The van der Waals surface area contributed by atoms with E-state index < -0.39 is 4.92 Å². The Morgan fingerprint density at radius 1 is 2.00 bits per heavy atom. The van der Waals surface area contributed by atoms with E-state index in [2.05, 4.69) is 0 Å². The SMILES string of the molecule is O=[N+]([O-])[CH]O. The molecule has 0 unspecified atom stereocenters. The Labute approximate surface area is 28.2 Å². The van der Waals surface area contributed by atoms with Crippen molar-refractivity contribution in [1.29, 1.82) is 0 Å². The van der Waals surface area contributed by atoms with Gasteiger partial charge >= 0.3 is 6.73 Å². The molecule has 0 atom stereocenters. The first-order valence-electron chi connectivity index (χ1n) is 0.882. The lowest BCUT2D eigenvalue weighted by Crippen LogP contribution is -1.88. The zero-order chi connectivity index (χ0) is 4.28. The van der Waals surface area contributed by atoms with Gasteiger partial charge in [-0.15, -0.1) is 0 Å². The summed E-state index contributed by atoms with van der Waals surface area (Å²) in [5.74, 6) is 0. The summed E-state index contributed by atoms with van der Waals surface area (Å²) < 4.78 is 0. The summed E-state index contributed by atoms with van der Waals surface area (Å²) in [4.78, 5) is 7.92. The first-order valence-corrected chi connectivity index (χ1v) is 0.882. The van der Waals surface area contributed by atoms with Crippen molar-refractivity contribution in [2.24, 2.45) is 0 Å². The number of aliphatic hydroxyl groups is 1. The predicted octanol–water partition coefficient (Wildman–Crippen LogP) is -0.245. The fourth-order valence-electron chi connectivity index (χ4n) is 0. The van der Waals surface area contributed by atoms with Crippen LogP contribution in [0.15, 0.2) is 0 Å². The Morgan fingerprint density at radius 2 is 2.20 bits per heavy atom. The molecule has 0 aromatic heterocycles. The molecule has 0 aliphatic carbocycles. The Hall–Kier alpha value is -0.640. The van der Waals surface area contributed by atoms with E-state index in [9.17, 15) is 0 Å². The van der Waals surface area contributed by atoms with Crippen LogP contribution in [0.5, 0.6) is 0 Å². The van der Waals surface area contributed by atoms with Gasteiger partial charge in [-0.3, -0.25) is 10.1 Å². The second-order valence-corrected chi connectivity index (χ2v) is 0.401. The van der Waals surface area contributed by atoms with Gasteiger partial charge in [-0.05, 0) is 0 Å². The normalized spacial score (nSPS) is 7.40. The Morgan fingerprint density at radius 3 is 2.20 bits per heavy atom. The van der Waals surface area contributed by atoms with Crippen molar-refractivity contribution in [2.75, 3.05) is 0 Å². The third-order valence-corrected chi connectivity index (χ3v) is 0.0943. The molecule has 4 heteroatoms. The molecule has 0 aliphatic heterocycles. The molecule has 0 rings (SSSR count). The molecule has 0 fully saturated rings. The van der Waals surface area contributed by atoms with Crippen molar-refractivity contribution in [3.8, 4) is 0 Å². The van der Waals surface area contributed by atoms with Crippen LogP contribution in [0.25, 0.3) is 0 Å². The number of hydrogen-bond donors (Lipinski definition) is 1. The summed E-state index contributed by atoms with van der Waals surface area (Å²) >= 11 is 0. The highest BCUT2D eigenvalue weighted by Gasteiger charge is 1.83. The van der Waals surface area contributed by atoms with E-state index in [1.165, 1.54) is 0 Å². The van der Waals surface area contributed by atoms with Crippen molar-refractivity contribution in [3.63, 3.8) is 0 Å². The maximum atomic E-state index is 8.87. The van der Waals surface area contributed by atoms with Gasteiger partial charge in [0.25, 0.3) is 0 Å². The van der Waals surface area contributed by atoms with Gasteiger partial charge in [-0.1, -0.05) is 0 Å². The predicted molar refractivity (Wildman–Crippen MR) is 13.2 cm³/mol. The molecule has 0 aliphatic rings. The Balaban J connectivity index is 2.85. The fourth-order valence-corrected chi connectivity index (χ4v) is 0. The zero-order valence-electron chi connectivity index (χ0n) is 2.29. The largest absolute Gasteiger partial charge is 0.407 e. The summed E-state index contributed by atoms with van der Waals surface area (Å²) in [6.07, 6.45) is 0. The minimum absolute atomic E-state index is 0.111. The summed E-state index contributed by atoms with van der Waals surface area (Å²) in [6, 6.07) is 0. The van der Waals surface area contributed by atoms with Gasteiger partial charge in [0.05, 0.1) is 4.92 Å². The molecular weight excluding hydrogens is 74.0 g/mol. The van der Waals surface area contributed by atoms with Gasteiger partial charge < -0.3 is 5.11 Å². The van der Waals surface area contributed by atoms with Crippen molar-refractivity contribution in [1.82, 2.24) is 0 Å². The second-order valence-electron chi connectivity index (χ2n) is 0.401. The van der Waals surface area contributed by atoms with Crippen molar-refractivity contribution >= 4 is 0 Å². The topological polar surface area (TPSA) is 63.4 Å². The van der Waals surface area contributed by atoms with Crippen LogP contribution in [-0.4, -0.2) is 10.0 Å². The number of hydrogen-bond acceptors (Lipinski definition) is 3. The van der Waals surface area contributed by atoms with E-state index in [1.807, 2.05) is 0 Å². The quantitative estimate of drug-likeness (QED) is 0.346. The maximum absolute atomic E-state index is 8.87. The molecule has 0 aromatic rings. The highest BCUT2D eigenvalue weighted by atomic mass is 16.6. The van der Waals surface area contributed by atoms with E-state index in [-0.39, 0.29) is 6.73 Å². The molecule has 0 amide bonds. The van der Waals surface area contributed by atoms with Crippen LogP contribution in [0.4, 0.5) is 0 Å². The minimum Gasteiger partial charge on any atom is -0.325 e. The lowest BCUT2D eigenvalue weighted by atomic mass is 11.4. The first-order chi connectivity index (χ1) is 2.27. The Kier molecular flexibility index (Phi) is 1.45. The monoisotopic (exact) mass is 76.0 g/mol. The van der Waals surface area contributed by atoms with E-state index >= 15 is 0 Å². The van der Waals surface area contributed by atoms with Gasteiger partial charge in [-0.25, -0.2) is 0 Å². The number of nitro groups is 1. The van der Waals surface area contributed by atoms with E-state index in [1.54, 1.807) is 0 Å². The van der Waals surface area contributed by atoms with Crippen LogP contribution in [-0.2, 0) is 0 Å². The van der Waals surface area contributed by atoms with E-state index in [0.29, 0.717) is 0 Å². The third-order valence-electron chi connectivity index (χ3n) is 0.0943. The zero-order valence-corrected chi connectivity index (χ0v) is 2.29. The number of rotatable bonds is 1. The van der Waals surface area contributed by atoms with Gasteiger partial charge in [0.2, 0.25) is 0 Å². The van der Waals surface area contributed by atoms with Crippen LogP contribution >= 0.6 is 0 Å². The highest BCUT2D eigenvalue weighted by Crippen LogP contribution is 1.61. The number of aliphatic hydroxyl groups excluding tert-OH is 1. The molecule has 4 nitrogen and oxygen atoms in total.